The van der Waals surface area contributed by atoms with E-state index in [4.69, 9.17) is 0 Å². The number of likely N-dealkylation sites (N-methyl/N-ethyl adjacent to an activating group) is 1. The Labute approximate surface area is 99.6 Å². The van der Waals surface area contributed by atoms with Crippen molar-refractivity contribution in [2.45, 2.75) is 19.4 Å². The third-order valence-electron chi connectivity index (χ3n) is 2.43. The lowest BCUT2D eigenvalue weighted by Gasteiger charge is -2.16. The Morgan fingerprint density at radius 2 is 2.38 bits per heavy atom. The monoisotopic (exact) mass is 233 g/mol. The molecule has 0 amide bonds. The van der Waals surface area contributed by atoms with Crippen LogP contribution in [0, 0.1) is 0 Å². The molecule has 1 atom stereocenters. The largest absolute Gasteiger partial charge is 0.309 e. The van der Waals surface area contributed by atoms with Crippen LogP contribution in [0.15, 0.2) is 35.4 Å². The zero-order valence-electron chi connectivity index (χ0n) is 9.26. The van der Waals surface area contributed by atoms with E-state index in [1.54, 1.807) is 23.9 Å². The maximum absolute atomic E-state index is 4.31. The highest BCUT2D eigenvalue weighted by Gasteiger charge is 2.12. The number of nitrogens with zero attached hydrogens (tertiary/aromatic N) is 2. The molecule has 0 aliphatic carbocycles. The van der Waals surface area contributed by atoms with Crippen molar-refractivity contribution < 1.29 is 0 Å². The fraction of sp³-hybridized carbons (Fsp3) is 0.333. The van der Waals surface area contributed by atoms with E-state index in [2.05, 4.69) is 39.0 Å². The van der Waals surface area contributed by atoms with Gasteiger partial charge in [0, 0.05) is 6.20 Å². The van der Waals surface area contributed by atoms with Crippen LogP contribution in [0.2, 0.25) is 0 Å². The van der Waals surface area contributed by atoms with E-state index in [0.29, 0.717) is 0 Å². The maximum atomic E-state index is 4.31. The minimum Gasteiger partial charge on any atom is -0.309 e. The summed E-state index contributed by atoms with van der Waals surface area (Å²) in [5, 5.41) is 7.75. The van der Waals surface area contributed by atoms with Crippen LogP contribution in [0.1, 0.15) is 24.2 Å². The van der Waals surface area contributed by atoms with Crippen LogP contribution in [-0.2, 0) is 6.42 Å². The van der Waals surface area contributed by atoms with Gasteiger partial charge in [-0.2, -0.15) is 11.3 Å². The first-order valence-corrected chi connectivity index (χ1v) is 6.34. The number of aromatic nitrogens is 2. The zero-order valence-corrected chi connectivity index (χ0v) is 10.1. The van der Waals surface area contributed by atoms with Crippen molar-refractivity contribution >= 4 is 11.3 Å². The van der Waals surface area contributed by atoms with Crippen LogP contribution >= 0.6 is 11.3 Å². The molecule has 2 heterocycles. The van der Waals surface area contributed by atoms with Crippen molar-refractivity contribution in [1.29, 1.82) is 0 Å². The van der Waals surface area contributed by atoms with Crippen LogP contribution in [0.3, 0.4) is 0 Å². The molecule has 2 aromatic rings. The Balaban J connectivity index is 2.11. The van der Waals surface area contributed by atoms with Gasteiger partial charge in [0.25, 0.3) is 0 Å². The highest BCUT2D eigenvalue weighted by molar-refractivity contribution is 7.07. The van der Waals surface area contributed by atoms with Gasteiger partial charge in [0.2, 0.25) is 0 Å². The Hall–Kier alpha value is -1.26. The van der Waals surface area contributed by atoms with Crippen molar-refractivity contribution in [1.82, 2.24) is 15.3 Å². The predicted molar refractivity (Wildman–Crippen MR) is 66.5 cm³/mol. The van der Waals surface area contributed by atoms with Gasteiger partial charge in [-0.3, -0.25) is 0 Å². The Kier molecular flexibility index (Phi) is 4.02. The molecule has 0 spiro atoms. The van der Waals surface area contributed by atoms with Crippen LogP contribution in [-0.4, -0.2) is 16.5 Å². The number of hydrogen-bond donors (Lipinski definition) is 1. The standard InChI is InChI=1S/C12H15N3S/c1-2-14-12(7-10-4-6-16-8-10)11-3-5-13-9-15-11/h3-6,8-9,12,14H,2,7H2,1H3. The Bertz CT molecular complexity index is 399. The fourth-order valence-electron chi connectivity index (χ4n) is 1.68. The van der Waals surface area contributed by atoms with Crippen molar-refractivity contribution in [3.05, 3.63) is 46.7 Å². The third-order valence-corrected chi connectivity index (χ3v) is 3.16. The molecule has 1 unspecified atom stereocenters. The van der Waals surface area contributed by atoms with Gasteiger partial charge < -0.3 is 5.32 Å². The van der Waals surface area contributed by atoms with E-state index < -0.39 is 0 Å². The molecular formula is C12H15N3S. The topological polar surface area (TPSA) is 37.8 Å². The SMILES string of the molecule is CCNC(Cc1ccsc1)c1ccncn1. The molecular weight excluding hydrogens is 218 g/mol. The lowest BCUT2D eigenvalue weighted by Crippen LogP contribution is -2.23. The van der Waals surface area contributed by atoms with E-state index in [1.165, 1.54) is 5.56 Å². The smallest absolute Gasteiger partial charge is 0.115 e. The summed E-state index contributed by atoms with van der Waals surface area (Å²) in [4.78, 5) is 8.26. The summed E-state index contributed by atoms with van der Waals surface area (Å²) in [6.45, 7) is 3.06. The summed E-state index contributed by atoms with van der Waals surface area (Å²) in [6, 6.07) is 4.41. The first-order chi connectivity index (χ1) is 7.90. The van der Waals surface area contributed by atoms with Crippen molar-refractivity contribution in [3.8, 4) is 0 Å². The summed E-state index contributed by atoms with van der Waals surface area (Å²) in [5.74, 6) is 0. The molecule has 0 bridgehead atoms. The zero-order chi connectivity index (χ0) is 11.2. The average Bonchev–Trinajstić information content (AvgIpc) is 2.83. The van der Waals surface area contributed by atoms with Gasteiger partial charge in [0.05, 0.1) is 11.7 Å². The molecule has 0 fully saturated rings. The van der Waals surface area contributed by atoms with E-state index in [1.807, 2.05) is 6.07 Å². The number of hydrogen-bond acceptors (Lipinski definition) is 4. The highest BCUT2D eigenvalue weighted by atomic mass is 32.1. The summed E-state index contributed by atoms with van der Waals surface area (Å²) in [5.41, 5.74) is 2.41. The quantitative estimate of drug-likeness (QED) is 0.862. The fourth-order valence-corrected chi connectivity index (χ4v) is 2.36. The minimum absolute atomic E-state index is 0.280. The molecule has 1 N–H and O–H groups in total. The number of rotatable bonds is 5. The first kappa shape index (κ1) is 11.2. The molecule has 0 saturated carbocycles. The summed E-state index contributed by atoms with van der Waals surface area (Å²) in [7, 11) is 0. The van der Waals surface area contributed by atoms with E-state index >= 15 is 0 Å². The summed E-state index contributed by atoms with van der Waals surface area (Å²) in [6.07, 6.45) is 4.38. The molecule has 0 aliphatic rings. The molecule has 0 radical (unpaired) electrons. The normalized spacial score (nSPS) is 12.6. The van der Waals surface area contributed by atoms with Crippen molar-refractivity contribution in [3.63, 3.8) is 0 Å². The second-order valence-corrected chi connectivity index (χ2v) is 4.36. The van der Waals surface area contributed by atoms with Crippen LogP contribution in [0.25, 0.3) is 0 Å². The second-order valence-electron chi connectivity index (χ2n) is 3.58. The summed E-state index contributed by atoms with van der Waals surface area (Å²) >= 11 is 1.73. The second kappa shape index (κ2) is 5.72. The van der Waals surface area contributed by atoms with Gasteiger partial charge in [-0.05, 0) is 41.4 Å². The highest BCUT2D eigenvalue weighted by Crippen LogP contribution is 2.17. The lowest BCUT2D eigenvalue weighted by atomic mass is 10.1. The molecule has 0 aliphatic heterocycles. The Morgan fingerprint density at radius 3 is 3.00 bits per heavy atom. The van der Waals surface area contributed by atoms with E-state index in [-0.39, 0.29) is 6.04 Å². The molecule has 16 heavy (non-hydrogen) atoms. The van der Waals surface area contributed by atoms with Gasteiger partial charge in [-0.25, -0.2) is 9.97 Å². The van der Waals surface area contributed by atoms with Gasteiger partial charge in [0.1, 0.15) is 6.33 Å². The van der Waals surface area contributed by atoms with Crippen LogP contribution < -0.4 is 5.32 Å². The molecule has 2 rings (SSSR count). The van der Waals surface area contributed by atoms with Gasteiger partial charge >= 0.3 is 0 Å². The molecule has 2 aromatic heterocycles. The molecule has 84 valence electrons. The summed E-state index contributed by atoms with van der Waals surface area (Å²) < 4.78 is 0. The molecule has 4 heteroatoms. The van der Waals surface area contributed by atoms with Crippen LogP contribution in [0.5, 0.6) is 0 Å². The third kappa shape index (κ3) is 2.87. The van der Waals surface area contributed by atoms with E-state index in [0.717, 1.165) is 18.7 Å². The average molecular weight is 233 g/mol. The van der Waals surface area contributed by atoms with Gasteiger partial charge in [-0.15, -0.1) is 0 Å². The number of thiophene rings is 1. The van der Waals surface area contributed by atoms with Crippen molar-refractivity contribution in [2.75, 3.05) is 6.54 Å². The van der Waals surface area contributed by atoms with Gasteiger partial charge in [0.15, 0.2) is 0 Å². The molecule has 0 saturated heterocycles. The van der Waals surface area contributed by atoms with Gasteiger partial charge in [-0.1, -0.05) is 6.92 Å². The van der Waals surface area contributed by atoms with Crippen LogP contribution in [0.4, 0.5) is 0 Å². The first-order valence-electron chi connectivity index (χ1n) is 5.40. The van der Waals surface area contributed by atoms with E-state index in [9.17, 15) is 0 Å². The molecule has 0 aromatic carbocycles. The minimum atomic E-state index is 0.280. The molecule has 3 nitrogen and oxygen atoms in total. The van der Waals surface area contributed by atoms with Crippen molar-refractivity contribution in [2.24, 2.45) is 0 Å². The predicted octanol–water partition coefficient (Wildman–Crippen LogP) is 2.43. The maximum Gasteiger partial charge on any atom is 0.115 e. The Morgan fingerprint density at radius 1 is 1.44 bits per heavy atom. The lowest BCUT2D eigenvalue weighted by molar-refractivity contribution is 0.536. The number of nitrogens with one attached hydrogen (secondary N) is 1.